The molecule has 0 spiro atoms. The normalized spacial score (nSPS) is 28.5. The summed E-state index contributed by atoms with van der Waals surface area (Å²) in [5, 5.41) is 0. The molecule has 0 unspecified atom stereocenters. The molecule has 3 aliphatic rings. The maximum absolute atomic E-state index is 12.2. The molecule has 26 heavy (non-hydrogen) atoms. The maximum atomic E-state index is 12.2. The minimum absolute atomic E-state index is 0.0741. The van der Waals surface area contributed by atoms with Gasteiger partial charge < -0.3 is 23.7 Å². The van der Waals surface area contributed by atoms with Gasteiger partial charge in [-0.05, 0) is 31.1 Å². The number of fused-ring (bicyclic) bond motifs is 2. The summed E-state index contributed by atoms with van der Waals surface area (Å²) in [7, 11) is 3.09. The van der Waals surface area contributed by atoms with Crippen LogP contribution in [0, 0.1) is 23.7 Å². The van der Waals surface area contributed by atoms with Gasteiger partial charge in [0.2, 0.25) is 0 Å². The summed E-state index contributed by atoms with van der Waals surface area (Å²) in [4.78, 5) is 24.4. The molecule has 1 saturated heterocycles. The first-order valence-corrected chi connectivity index (χ1v) is 9.26. The molecule has 2 fully saturated rings. The van der Waals surface area contributed by atoms with E-state index in [1.807, 2.05) is 12.2 Å². The van der Waals surface area contributed by atoms with Gasteiger partial charge in [-0.15, -0.1) is 0 Å². The lowest BCUT2D eigenvalue weighted by Crippen LogP contribution is -2.36. The summed E-state index contributed by atoms with van der Waals surface area (Å²) < 4.78 is 25.1. The Kier molecular flexibility index (Phi) is 9.08. The Morgan fingerprint density at radius 3 is 1.65 bits per heavy atom. The Hall–Kier alpha value is -1.44. The quantitative estimate of drug-likeness (QED) is 0.365. The van der Waals surface area contributed by atoms with E-state index in [0.29, 0.717) is 13.2 Å². The van der Waals surface area contributed by atoms with Crippen LogP contribution in [0.25, 0.3) is 0 Å². The fraction of sp³-hybridized carbons (Fsp3) is 0.789. The van der Waals surface area contributed by atoms with Gasteiger partial charge in [0.25, 0.3) is 0 Å². The SMILES string of the molecule is C1CCOC1.COCCOC(=O)[C@@H]1[C@H](C(=O)OCCOC)[C@H]2C=C[C@@H]1C2. The molecular weight excluding hydrogens is 340 g/mol. The maximum Gasteiger partial charge on any atom is 0.310 e. The van der Waals surface area contributed by atoms with Crippen LogP contribution in [0.3, 0.4) is 0 Å². The fourth-order valence-electron chi connectivity index (χ4n) is 3.62. The van der Waals surface area contributed by atoms with Crippen molar-refractivity contribution in [2.24, 2.45) is 23.7 Å². The Bertz CT molecular complexity index is 429. The van der Waals surface area contributed by atoms with Crippen molar-refractivity contribution in [3.63, 3.8) is 0 Å². The first-order valence-electron chi connectivity index (χ1n) is 9.26. The van der Waals surface area contributed by atoms with Gasteiger partial charge in [-0.1, -0.05) is 12.2 Å². The molecule has 7 nitrogen and oxygen atoms in total. The third kappa shape index (κ3) is 5.79. The lowest BCUT2D eigenvalue weighted by molar-refractivity contribution is -0.162. The number of esters is 2. The highest BCUT2D eigenvalue weighted by Gasteiger charge is 2.53. The van der Waals surface area contributed by atoms with Crippen molar-refractivity contribution < 1.29 is 33.3 Å². The molecule has 0 aromatic carbocycles. The highest BCUT2D eigenvalue weighted by atomic mass is 16.6. The van der Waals surface area contributed by atoms with Crippen LogP contribution < -0.4 is 0 Å². The van der Waals surface area contributed by atoms with Gasteiger partial charge in [0, 0.05) is 27.4 Å². The molecule has 4 atom stereocenters. The van der Waals surface area contributed by atoms with Crippen molar-refractivity contribution in [2.45, 2.75) is 19.3 Å². The second-order valence-corrected chi connectivity index (χ2v) is 6.64. The standard InChI is InChI=1S/C15H22O6.C4H8O/c1-18-5-7-20-14(16)12-10-3-4-11(9-10)13(12)15(17)21-8-6-19-2;1-2-4-5-3-1/h3-4,10-13H,5-9H2,1-2H3;1-4H2/t10-,11+,12+,13-;. The van der Waals surface area contributed by atoms with Gasteiger partial charge >= 0.3 is 11.9 Å². The second-order valence-electron chi connectivity index (χ2n) is 6.64. The van der Waals surface area contributed by atoms with Gasteiger partial charge in [-0.2, -0.15) is 0 Å². The summed E-state index contributed by atoms with van der Waals surface area (Å²) in [6.45, 7) is 3.12. The lowest BCUT2D eigenvalue weighted by atomic mass is 9.83. The lowest BCUT2D eigenvalue weighted by Gasteiger charge is -2.24. The van der Waals surface area contributed by atoms with Gasteiger partial charge in [0.15, 0.2) is 0 Å². The minimum atomic E-state index is -0.438. The molecule has 3 rings (SSSR count). The summed E-state index contributed by atoms with van der Waals surface area (Å²) in [6.07, 6.45) is 7.38. The number of ether oxygens (including phenoxy) is 5. The van der Waals surface area contributed by atoms with E-state index in [1.54, 1.807) is 14.2 Å². The van der Waals surface area contributed by atoms with E-state index in [9.17, 15) is 9.59 Å². The zero-order valence-electron chi connectivity index (χ0n) is 15.7. The summed E-state index contributed by atoms with van der Waals surface area (Å²) in [5.41, 5.74) is 0. The van der Waals surface area contributed by atoms with Crippen molar-refractivity contribution >= 4 is 11.9 Å². The van der Waals surface area contributed by atoms with Crippen molar-refractivity contribution in [3.05, 3.63) is 12.2 Å². The molecule has 7 heteroatoms. The average Bonchev–Trinajstić information content (AvgIpc) is 3.40. The summed E-state index contributed by atoms with van der Waals surface area (Å²) in [5.74, 6) is -1.40. The van der Waals surface area contributed by atoms with E-state index in [1.165, 1.54) is 12.8 Å². The van der Waals surface area contributed by atoms with Crippen LogP contribution in [0.2, 0.25) is 0 Å². The average molecular weight is 370 g/mol. The fourth-order valence-corrected chi connectivity index (χ4v) is 3.62. The van der Waals surface area contributed by atoms with Gasteiger partial charge in [-0.3, -0.25) is 9.59 Å². The number of carbonyl (C=O) groups excluding carboxylic acids is 2. The van der Waals surface area contributed by atoms with Gasteiger partial charge in [-0.25, -0.2) is 0 Å². The molecule has 0 amide bonds. The van der Waals surface area contributed by atoms with Crippen LogP contribution in [-0.2, 0) is 33.3 Å². The molecule has 0 aromatic rings. The summed E-state index contributed by atoms with van der Waals surface area (Å²) >= 11 is 0. The van der Waals surface area contributed by atoms with Crippen molar-refractivity contribution in [3.8, 4) is 0 Å². The topological polar surface area (TPSA) is 80.3 Å². The highest BCUT2D eigenvalue weighted by molar-refractivity contribution is 5.84. The van der Waals surface area contributed by atoms with Crippen LogP contribution in [0.1, 0.15) is 19.3 Å². The number of hydrogen-bond acceptors (Lipinski definition) is 7. The van der Waals surface area contributed by atoms with E-state index in [2.05, 4.69) is 0 Å². The molecule has 1 heterocycles. The molecule has 2 bridgehead atoms. The predicted molar refractivity (Wildman–Crippen MR) is 93.4 cm³/mol. The zero-order valence-corrected chi connectivity index (χ0v) is 15.7. The number of allylic oxidation sites excluding steroid dienone is 2. The van der Waals surface area contributed by atoms with Crippen LogP contribution in [0.15, 0.2) is 12.2 Å². The van der Waals surface area contributed by atoms with Crippen LogP contribution >= 0.6 is 0 Å². The predicted octanol–water partition coefficient (Wildman–Crippen LogP) is 1.60. The van der Waals surface area contributed by atoms with Crippen molar-refractivity contribution in [1.82, 2.24) is 0 Å². The van der Waals surface area contributed by atoms with E-state index >= 15 is 0 Å². The van der Waals surface area contributed by atoms with Crippen molar-refractivity contribution in [1.29, 1.82) is 0 Å². The highest BCUT2D eigenvalue weighted by Crippen LogP contribution is 2.48. The van der Waals surface area contributed by atoms with Crippen LogP contribution in [0.5, 0.6) is 0 Å². The molecular formula is C19H30O7. The summed E-state index contributed by atoms with van der Waals surface area (Å²) in [6, 6.07) is 0. The number of rotatable bonds is 8. The Morgan fingerprint density at radius 1 is 0.846 bits per heavy atom. The second kappa shape index (κ2) is 11.3. The largest absolute Gasteiger partial charge is 0.463 e. The minimum Gasteiger partial charge on any atom is -0.463 e. The number of methoxy groups -OCH3 is 2. The van der Waals surface area contributed by atoms with Gasteiger partial charge in [0.05, 0.1) is 25.0 Å². The van der Waals surface area contributed by atoms with Crippen molar-refractivity contribution in [2.75, 3.05) is 53.9 Å². The monoisotopic (exact) mass is 370 g/mol. The van der Waals surface area contributed by atoms with E-state index in [-0.39, 0.29) is 37.0 Å². The first kappa shape index (κ1) is 20.9. The van der Waals surface area contributed by atoms with E-state index in [4.69, 9.17) is 23.7 Å². The number of carbonyl (C=O) groups is 2. The van der Waals surface area contributed by atoms with Crippen LogP contribution in [-0.4, -0.2) is 65.8 Å². The Morgan fingerprint density at radius 2 is 1.31 bits per heavy atom. The molecule has 0 aromatic heterocycles. The third-order valence-electron chi connectivity index (χ3n) is 4.89. The van der Waals surface area contributed by atoms with E-state index < -0.39 is 11.8 Å². The molecule has 2 aliphatic carbocycles. The first-order chi connectivity index (χ1) is 12.7. The molecule has 0 N–H and O–H groups in total. The molecule has 1 aliphatic heterocycles. The Balaban J connectivity index is 0.000000417. The molecule has 0 radical (unpaired) electrons. The third-order valence-corrected chi connectivity index (χ3v) is 4.89. The molecule has 148 valence electrons. The molecule has 1 saturated carbocycles. The van der Waals surface area contributed by atoms with E-state index in [0.717, 1.165) is 19.6 Å². The van der Waals surface area contributed by atoms with Gasteiger partial charge in [0.1, 0.15) is 13.2 Å². The van der Waals surface area contributed by atoms with Crippen LogP contribution in [0.4, 0.5) is 0 Å². The zero-order chi connectivity index (χ0) is 18.8. The smallest absolute Gasteiger partial charge is 0.310 e. The number of hydrogen-bond donors (Lipinski definition) is 0. The Labute approximate surface area is 154 Å².